The number of hydrogen-bond acceptors (Lipinski definition) is 6. The first-order valence-corrected chi connectivity index (χ1v) is 7.22. The summed E-state index contributed by atoms with van der Waals surface area (Å²) in [7, 11) is 0. The summed E-state index contributed by atoms with van der Waals surface area (Å²) in [6.45, 7) is 0. The number of alkyl halides is 3. The van der Waals surface area contributed by atoms with Crippen molar-refractivity contribution in [3.05, 3.63) is 59.4 Å². The monoisotopic (exact) mass is 386 g/mol. The molecule has 0 radical (unpaired) electrons. The van der Waals surface area contributed by atoms with Crippen LogP contribution in [0.15, 0.2) is 43.0 Å². The molecule has 26 heavy (non-hydrogen) atoms. The van der Waals surface area contributed by atoms with E-state index in [1.54, 1.807) is 0 Å². The normalized spacial score (nSPS) is 11.3. The van der Waals surface area contributed by atoms with Crippen molar-refractivity contribution in [3.63, 3.8) is 0 Å². The van der Waals surface area contributed by atoms with Crippen molar-refractivity contribution in [2.45, 2.75) is 6.18 Å². The third-order valence-electron chi connectivity index (χ3n) is 2.88. The van der Waals surface area contributed by atoms with Gasteiger partial charge in [0.05, 0.1) is 23.0 Å². The lowest BCUT2D eigenvalue weighted by atomic mass is 10.3. The van der Waals surface area contributed by atoms with Crippen molar-refractivity contribution in [3.8, 4) is 23.5 Å². The molecule has 0 amide bonds. The van der Waals surface area contributed by atoms with Crippen LogP contribution in [0.4, 0.5) is 17.6 Å². The quantitative estimate of drug-likeness (QED) is 0.607. The summed E-state index contributed by atoms with van der Waals surface area (Å²) in [4.78, 5) is 14.4. The van der Waals surface area contributed by atoms with Crippen molar-refractivity contribution in [2.24, 2.45) is 0 Å². The molecule has 2 heterocycles. The highest BCUT2D eigenvalue weighted by atomic mass is 35.5. The molecule has 0 spiro atoms. The van der Waals surface area contributed by atoms with Crippen molar-refractivity contribution in [2.75, 3.05) is 0 Å². The minimum atomic E-state index is -4.60. The zero-order valence-corrected chi connectivity index (χ0v) is 13.3. The Morgan fingerprint density at radius 2 is 1.42 bits per heavy atom. The van der Waals surface area contributed by atoms with Crippen molar-refractivity contribution < 1.29 is 27.0 Å². The second kappa shape index (κ2) is 7.08. The van der Waals surface area contributed by atoms with Gasteiger partial charge < -0.3 is 9.47 Å². The van der Waals surface area contributed by atoms with Crippen molar-refractivity contribution in [1.82, 2.24) is 19.9 Å². The Bertz CT molecular complexity index is 905. The van der Waals surface area contributed by atoms with Crippen LogP contribution in [-0.2, 0) is 6.18 Å². The van der Waals surface area contributed by atoms with Crippen LogP contribution in [0.3, 0.4) is 0 Å². The molecule has 0 unspecified atom stereocenters. The third kappa shape index (κ3) is 4.14. The van der Waals surface area contributed by atoms with Crippen LogP contribution in [0.1, 0.15) is 5.56 Å². The van der Waals surface area contributed by atoms with Crippen LogP contribution < -0.4 is 9.47 Å². The van der Waals surface area contributed by atoms with Gasteiger partial charge in [-0.2, -0.15) is 13.2 Å². The number of aromatic nitrogens is 4. The van der Waals surface area contributed by atoms with Crippen LogP contribution in [0.2, 0.25) is 5.02 Å². The lowest BCUT2D eigenvalue weighted by Crippen LogP contribution is -2.07. The van der Waals surface area contributed by atoms with E-state index in [4.69, 9.17) is 21.1 Å². The van der Waals surface area contributed by atoms with E-state index in [0.29, 0.717) is 12.4 Å². The molecule has 11 heteroatoms. The zero-order valence-electron chi connectivity index (χ0n) is 12.5. The molecule has 0 saturated heterocycles. The Kier molecular flexibility index (Phi) is 4.85. The van der Waals surface area contributed by atoms with Crippen LogP contribution >= 0.6 is 11.6 Å². The Labute approximate surface area is 148 Å². The number of halogens is 5. The van der Waals surface area contributed by atoms with E-state index < -0.39 is 29.3 Å². The van der Waals surface area contributed by atoms with E-state index in [2.05, 4.69) is 19.9 Å². The van der Waals surface area contributed by atoms with Crippen LogP contribution in [-0.4, -0.2) is 19.9 Å². The summed E-state index contributed by atoms with van der Waals surface area (Å²) in [5.41, 5.74) is -1.07. The Balaban J connectivity index is 1.86. The molecule has 3 aromatic rings. The van der Waals surface area contributed by atoms with Crippen LogP contribution in [0.25, 0.3) is 0 Å². The Hall–Kier alpha value is -3.01. The minimum absolute atomic E-state index is 0.129. The maximum atomic E-state index is 14.1. The van der Waals surface area contributed by atoms with Gasteiger partial charge >= 0.3 is 18.2 Å². The molecule has 0 aliphatic carbocycles. The SMILES string of the molecule is Fc1cccc(Oc2ncc(Cl)cn2)c1Oc1ncc(C(F)(F)F)cn1. The van der Waals surface area contributed by atoms with Gasteiger partial charge in [0.2, 0.25) is 5.75 Å². The molecule has 0 aliphatic rings. The average Bonchev–Trinajstić information content (AvgIpc) is 2.59. The number of hydrogen-bond donors (Lipinski definition) is 0. The fourth-order valence-electron chi connectivity index (χ4n) is 1.73. The first kappa shape index (κ1) is 17.8. The smallest absolute Gasteiger partial charge is 0.419 e. The van der Waals surface area contributed by atoms with Crippen molar-refractivity contribution >= 4 is 11.6 Å². The Morgan fingerprint density at radius 1 is 0.846 bits per heavy atom. The van der Waals surface area contributed by atoms with Gasteiger partial charge in [-0.25, -0.2) is 24.3 Å². The highest BCUT2D eigenvalue weighted by molar-refractivity contribution is 6.30. The maximum absolute atomic E-state index is 14.1. The van der Waals surface area contributed by atoms with Gasteiger partial charge in [-0.05, 0) is 12.1 Å². The number of ether oxygens (including phenoxy) is 2. The predicted molar refractivity (Wildman–Crippen MR) is 80.6 cm³/mol. The van der Waals surface area contributed by atoms with E-state index >= 15 is 0 Å². The standard InChI is InChI=1S/C15H7ClF4N4O2/c16-9-6-23-13(24-7-9)25-11-3-1-2-10(17)12(11)26-14-21-4-8(5-22-14)15(18,19)20/h1-7H. The van der Waals surface area contributed by atoms with E-state index in [9.17, 15) is 17.6 Å². The van der Waals surface area contributed by atoms with E-state index in [-0.39, 0.29) is 16.8 Å². The third-order valence-corrected chi connectivity index (χ3v) is 3.07. The van der Waals surface area contributed by atoms with Gasteiger partial charge in [0, 0.05) is 12.4 Å². The molecule has 0 aliphatic heterocycles. The summed E-state index contributed by atoms with van der Waals surface area (Å²) in [6, 6.07) is 3.11. The number of nitrogens with zero attached hydrogens (tertiary/aromatic N) is 4. The van der Waals surface area contributed by atoms with Crippen LogP contribution in [0.5, 0.6) is 23.5 Å². The lowest BCUT2D eigenvalue weighted by Gasteiger charge is -2.11. The summed E-state index contributed by atoms with van der Waals surface area (Å²) in [6.07, 6.45) is -1.03. The van der Waals surface area contributed by atoms with Gasteiger partial charge in [0.15, 0.2) is 11.6 Å². The first-order chi connectivity index (χ1) is 12.3. The van der Waals surface area contributed by atoms with Gasteiger partial charge in [-0.15, -0.1) is 0 Å². The zero-order chi connectivity index (χ0) is 18.7. The molecule has 6 nitrogen and oxygen atoms in total. The van der Waals surface area contributed by atoms with Crippen LogP contribution in [0, 0.1) is 5.82 Å². The van der Waals surface area contributed by atoms with Gasteiger partial charge in [-0.3, -0.25) is 0 Å². The average molecular weight is 387 g/mol. The molecule has 2 aromatic heterocycles. The van der Waals surface area contributed by atoms with E-state index in [0.717, 1.165) is 6.07 Å². The first-order valence-electron chi connectivity index (χ1n) is 6.84. The van der Waals surface area contributed by atoms with E-state index in [1.165, 1.54) is 24.5 Å². The highest BCUT2D eigenvalue weighted by Gasteiger charge is 2.31. The molecule has 0 atom stereocenters. The Morgan fingerprint density at radius 3 is 2.04 bits per heavy atom. The number of benzene rings is 1. The summed E-state index contributed by atoms with van der Waals surface area (Å²) in [5.74, 6) is -1.42. The molecule has 0 fully saturated rings. The fourth-order valence-corrected chi connectivity index (χ4v) is 1.82. The predicted octanol–water partition coefficient (Wildman–Crippen LogP) is 4.66. The molecule has 134 valence electrons. The van der Waals surface area contributed by atoms with Crippen molar-refractivity contribution in [1.29, 1.82) is 0 Å². The second-order valence-electron chi connectivity index (χ2n) is 4.71. The summed E-state index contributed by atoms with van der Waals surface area (Å²) >= 11 is 5.66. The molecule has 0 saturated carbocycles. The molecule has 1 aromatic carbocycles. The largest absolute Gasteiger partial charge is 0.420 e. The fraction of sp³-hybridized carbons (Fsp3) is 0.0667. The van der Waals surface area contributed by atoms with Gasteiger partial charge in [-0.1, -0.05) is 17.7 Å². The number of rotatable bonds is 4. The van der Waals surface area contributed by atoms with Gasteiger partial charge in [0.25, 0.3) is 0 Å². The minimum Gasteiger partial charge on any atom is -0.420 e. The topological polar surface area (TPSA) is 70.0 Å². The molecule has 0 N–H and O–H groups in total. The summed E-state index contributed by atoms with van der Waals surface area (Å²) in [5, 5.41) is 0.270. The summed E-state index contributed by atoms with van der Waals surface area (Å²) < 4.78 is 62.1. The van der Waals surface area contributed by atoms with Gasteiger partial charge in [0.1, 0.15) is 0 Å². The number of para-hydroxylation sites is 1. The molecule has 3 rings (SSSR count). The highest BCUT2D eigenvalue weighted by Crippen LogP contribution is 2.35. The second-order valence-corrected chi connectivity index (χ2v) is 5.14. The lowest BCUT2D eigenvalue weighted by molar-refractivity contribution is -0.138. The molecule has 0 bridgehead atoms. The molecular formula is C15H7ClF4N4O2. The van der Waals surface area contributed by atoms with E-state index in [1.807, 2.05) is 0 Å². The maximum Gasteiger partial charge on any atom is 0.419 e. The molecular weight excluding hydrogens is 380 g/mol.